The molecule has 0 aliphatic carbocycles. The minimum Gasteiger partial charge on any atom is -0.480 e. The fourth-order valence-electron chi connectivity index (χ4n) is 1.27. The Balaban J connectivity index is 0.000000225. The highest BCUT2D eigenvalue weighted by molar-refractivity contribution is 5.73. The predicted octanol–water partition coefficient (Wildman–Crippen LogP) is 1.72. The summed E-state index contributed by atoms with van der Waals surface area (Å²) in [6.07, 6.45) is 3.89. The van der Waals surface area contributed by atoms with Crippen LogP contribution < -0.4 is 5.73 Å². The van der Waals surface area contributed by atoms with E-state index in [9.17, 15) is 4.79 Å². The highest BCUT2D eigenvalue weighted by Crippen LogP contribution is 2.01. The molecule has 0 amide bonds. The van der Waals surface area contributed by atoms with E-state index in [2.05, 4.69) is 4.98 Å². The summed E-state index contributed by atoms with van der Waals surface area (Å²) in [5.74, 6) is -0.959. The van der Waals surface area contributed by atoms with Crippen molar-refractivity contribution in [1.82, 2.24) is 4.98 Å². The second-order valence-corrected chi connectivity index (χ2v) is 3.66. The fourth-order valence-corrected chi connectivity index (χ4v) is 1.27. The molecular formula is C14H16N2O2. The van der Waals surface area contributed by atoms with Crippen LogP contribution in [0.1, 0.15) is 5.56 Å². The molecule has 0 spiro atoms. The first kappa shape index (κ1) is 13.9. The van der Waals surface area contributed by atoms with Crippen molar-refractivity contribution in [3.8, 4) is 0 Å². The number of benzene rings is 1. The first-order chi connectivity index (χ1) is 8.70. The Bertz CT molecular complexity index is 419. The van der Waals surface area contributed by atoms with Crippen molar-refractivity contribution in [2.45, 2.75) is 12.5 Å². The summed E-state index contributed by atoms with van der Waals surface area (Å²) in [7, 11) is 0. The Morgan fingerprint density at radius 2 is 1.67 bits per heavy atom. The Morgan fingerprint density at radius 1 is 1.11 bits per heavy atom. The molecule has 0 radical (unpaired) electrons. The number of nitrogens with two attached hydrogens (primary N) is 1. The highest BCUT2D eigenvalue weighted by Gasteiger charge is 2.10. The topological polar surface area (TPSA) is 76.2 Å². The van der Waals surface area contributed by atoms with Crippen molar-refractivity contribution >= 4 is 5.97 Å². The number of hydrogen-bond donors (Lipinski definition) is 2. The van der Waals surface area contributed by atoms with Gasteiger partial charge in [-0.3, -0.25) is 9.78 Å². The minimum atomic E-state index is -0.959. The maximum Gasteiger partial charge on any atom is 0.320 e. The molecule has 1 atom stereocenters. The summed E-state index contributed by atoms with van der Waals surface area (Å²) in [5.41, 5.74) is 6.30. The second kappa shape index (κ2) is 7.97. The summed E-state index contributed by atoms with van der Waals surface area (Å²) >= 11 is 0. The first-order valence-corrected chi connectivity index (χ1v) is 5.57. The van der Waals surface area contributed by atoms with Gasteiger partial charge in [-0.2, -0.15) is 0 Å². The van der Waals surface area contributed by atoms with Crippen LogP contribution >= 0.6 is 0 Å². The number of pyridine rings is 1. The molecule has 1 aromatic heterocycles. The molecular weight excluding hydrogens is 228 g/mol. The van der Waals surface area contributed by atoms with E-state index in [-0.39, 0.29) is 0 Å². The van der Waals surface area contributed by atoms with Crippen molar-refractivity contribution in [2.75, 3.05) is 0 Å². The number of carboxylic acids is 1. The molecule has 0 saturated heterocycles. The number of nitrogens with zero attached hydrogens (tertiary/aromatic N) is 1. The molecule has 3 N–H and O–H groups in total. The quantitative estimate of drug-likeness (QED) is 0.862. The van der Waals surface area contributed by atoms with Crippen LogP contribution in [0, 0.1) is 0 Å². The first-order valence-electron chi connectivity index (χ1n) is 5.57. The fraction of sp³-hybridized carbons (Fsp3) is 0.143. The predicted molar refractivity (Wildman–Crippen MR) is 70.0 cm³/mol. The lowest BCUT2D eigenvalue weighted by atomic mass is 10.1. The molecule has 94 valence electrons. The lowest BCUT2D eigenvalue weighted by Crippen LogP contribution is -2.32. The number of carboxylic acid groups (broad SMARTS) is 1. The van der Waals surface area contributed by atoms with E-state index in [0.717, 1.165) is 5.56 Å². The largest absolute Gasteiger partial charge is 0.480 e. The molecule has 2 aromatic rings. The molecule has 0 bridgehead atoms. The van der Waals surface area contributed by atoms with E-state index in [1.54, 1.807) is 12.4 Å². The third-order valence-electron chi connectivity index (χ3n) is 2.18. The molecule has 4 nitrogen and oxygen atoms in total. The molecule has 0 fully saturated rings. The normalized spacial score (nSPS) is 10.9. The van der Waals surface area contributed by atoms with Crippen LogP contribution in [0.25, 0.3) is 0 Å². The van der Waals surface area contributed by atoms with Crippen LogP contribution in [0.3, 0.4) is 0 Å². The van der Waals surface area contributed by atoms with Gasteiger partial charge in [0.2, 0.25) is 0 Å². The van der Waals surface area contributed by atoms with Crippen LogP contribution in [0.2, 0.25) is 0 Å². The zero-order valence-corrected chi connectivity index (χ0v) is 9.94. The summed E-state index contributed by atoms with van der Waals surface area (Å²) in [4.78, 5) is 14.2. The van der Waals surface area contributed by atoms with Gasteiger partial charge in [0.05, 0.1) is 0 Å². The third kappa shape index (κ3) is 5.77. The van der Waals surface area contributed by atoms with Crippen molar-refractivity contribution < 1.29 is 9.90 Å². The molecule has 4 heteroatoms. The van der Waals surface area contributed by atoms with Crippen molar-refractivity contribution in [2.24, 2.45) is 5.73 Å². The average Bonchev–Trinajstić information content (AvgIpc) is 2.42. The zero-order chi connectivity index (χ0) is 13.2. The molecule has 0 unspecified atom stereocenters. The number of hydrogen-bond acceptors (Lipinski definition) is 3. The SMILES string of the molecule is N[C@@H](Cc1ccccc1)C(=O)O.c1ccncc1. The second-order valence-electron chi connectivity index (χ2n) is 3.66. The molecule has 2 rings (SSSR count). The lowest BCUT2D eigenvalue weighted by Gasteiger charge is -2.04. The molecule has 0 aliphatic heterocycles. The van der Waals surface area contributed by atoms with Crippen LogP contribution in [0.15, 0.2) is 60.9 Å². The van der Waals surface area contributed by atoms with E-state index in [0.29, 0.717) is 6.42 Å². The van der Waals surface area contributed by atoms with E-state index in [1.165, 1.54) is 0 Å². The van der Waals surface area contributed by atoms with Crippen molar-refractivity contribution in [3.63, 3.8) is 0 Å². The van der Waals surface area contributed by atoms with Gasteiger partial charge in [0.15, 0.2) is 0 Å². The number of carbonyl (C=O) groups is 1. The van der Waals surface area contributed by atoms with Gasteiger partial charge in [-0.05, 0) is 24.1 Å². The van der Waals surface area contributed by atoms with E-state index < -0.39 is 12.0 Å². The number of rotatable bonds is 3. The van der Waals surface area contributed by atoms with Gasteiger partial charge in [-0.15, -0.1) is 0 Å². The molecule has 18 heavy (non-hydrogen) atoms. The number of aliphatic carboxylic acids is 1. The van der Waals surface area contributed by atoms with Gasteiger partial charge >= 0.3 is 5.97 Å². The average molecular weight is 244 g/mol. The standard InChI is InChI=1S/C9H11NO2.C5H5N/c10-8(9(11)12)6-7-4-2-1-3-5-7;1-2-4-6-5-3-1/h1-5,8H,6,10H2,(H,11,12);1-5H/t8-;/m0./s1. The lowest BCUT2D eigenvalue weighted by molar-refractivity contribution is -0.138. The zero-order valence-electron chi connectivity index (χ0n) is 9.94. The van der Waals surface area contributed by atoms with Gasteiger partial charge in [0, 0.05) is 12.4 Å². The molecule has 1 heterocycles. The van der Waals surface area contributed by atoms with Crippen LogP contribution in [0.5, 0.6) is 0 Å². The number of aromatic nitrogens is 1. The maximum atomic E-state index is 10.4. The highest BCUT2D eigenvalue weighted by atomic mass is 16.4. The van der Waals surface area contributed by atoms with Gasteiger partial charge in [0.1, 0.15) is 6.04 Å². The molecule has 0 aliphatic rings. The van der Waals surface area contributed by atoms with Gasteiger partial charge in [0.25, 0.3) is 0 Å². The smallest absolute Gasteiger partial charge is 0.320 e. The van der Waals surface area contributed by atoms with E-state index in [4.69, 9.17) is 10.8 Å². The van der Waals surface area contributed by atoms with Gasteiger partial charge in [-0.25, -0.2) is 0 Å². The Kier molecular flexibility index (Phi) is 6.14. The maximum absolute atomic E-state index is 10.4. The van der Waals surface area contributed by atoms with Gasteiger partial charge in [-0.1, -0.05) is 36.4 Å². The molecule has 0 saturated carbocycles. The summed E-state index contributed by atoms with van der Waals surface area (Å²) in [5, 5.41) is 8.52. The van der Waals surface area contributed by atoms with Gasteiger partial charge < -0.3 is 10.8 Å². The van der Waals surface area contributed by atoms with E-state index >= 15 is 0 Å². The van der Waals surface area contributed by atoms with Crippen molar-refractivity contribution in [3.05, 3.63) is 66.5 Å². The molecule has 1 aromatic carbocycles. The van der Waals surface area contributed by atoms with Crippen LogP contribution in [-0.2, 0) is 11.2 Å². The Hall–Kier alpha value is -2.20. The van der Waals surface area contributed by atoms with Crippen LogP contribution in [0.4, 0.5) is 0 Å². The summed E-state index contributed by atoms with van der Waals surface area (Å²) < 4.78 is 0. The summed E-state index contributed by atoms with van der Waals surface area (Å²) in [6, 6.07) is 14.3. The van der Waals surface area contributed by atoms with Crippen LogP contribution in [-0.4, -0.2) is 22.1 Å². The van der Waals surface area contributed by atoms with E-state index in [1.807, 2.05) is 48.5 Å². The third-order valence-corrected chi connectivity index (χ3v) is 2.18. The Labute approximate surface area is 106 Å². The Morgan fingerprint density at radius 3 is 2.06 bits per heavy atom. The minimum absolute atomic E-state index is 0.385. The summed E-state index contributed by atoms with van der Waals surface area (Å²) in [6.45, 7) is 0. The van der Waals surface area contributed by atoms with Crippen molar-refractivity contribution in [1.29, 1.82) is 0 Å². The monoisotopic (exact) mass is 244 g/mol.